The SMILES string of the molecule is C[C@H](CO)N(C)c1nc(N2CCC(C)(C(N)=O)CC2)c2nc(-c3ccccc3Cl)n(-c3ccc(Cl)cc3)c2n1. The number of nitrogens with zero attached hydrogens (tertiary/aromatic N) is 6. The molecule has 1 aliphatic rings. The van der Waals surface area contributed by atoms with E-state index in [1.165, 1.54) is 0 Å². The zero-order chi connectivity index (χ0) is 27.9. The highest BCUT2D eigenvalue weighted by Gasteiger charge is 2.37. The Balaban J connectivity index is 1.77. The number of piperidine rings is 1. The summed E-state index contributed by atoms with van der Waals surface area (Å²) in [6.45, 7) is 4.92. The summed E-state index contributed by atoms with van der Waals surface area (Å²) in [6, 6.07) is 14.8. The summed E-state index contributed by atoms with van der Waals surface area (Å²) in [6.07, 6.45) is 1.20. The number of aromatic nitrogens is 4. The van der Waals surface area contributed by atoms with Crippen LogP contribution in [0.4, 0.5) is 11.8 Å². The van der Waals surface area contributed by atoms with Gasteiger partial charge in [0.25, 0.3) is 0 Å². The molecule has 3 heterocycles. The van der Waals surface area contributed by atoms with Gasteiger partial charge in [0.15, 0.2) is 17.0 Å². The van der Waals surface area contributed by atoms with Gasteiger partial charge in [0, 0.05) is 41.8 Å². The van der Waals surface area contributed by atoms with Gasteiger partial charge >= 0.3 is 0 Å². The van der Waals surface area contributed by atoms with Crippen molar-refractivity contribution >= 4 is 52.0 Å². The number of hydrogen-bond donors (Lipinski definition) is 2. The van der Waals surface area contributed by atoms with Crippen molar-refractivity contribution in [2.45, 2.75) is 32.7 Å². The fourth-order valence-corrected chi connectivity index (χ4v) is 5.09. The van der Waals surface area contributed by atoms with E-state index in [9.17, 15) is 9.90 Å². The Morgan fingerprint density at radius 3 is 2.38 bits per heavy atom. The van der Waals surface area contributed by atoms with Gasteiger partial charge in [-0.3, -0.25) is 9.36 Å². The molecule has 1 saturated heterocycles. The van der Waals surface area contributed by atoms with E-state index in [-0.39, 0.29) is 18.6 Å². The van der Waals surface area contributed by atoms with E-state index in [0.717, 1.165) is 11.3 Å². The van der Waals surface area contributed by atoms with Crippen LogP contribution in [0.15, 0.2) is 48.5 Å². The Bertz CT molecular complexity index is 1510. The molecule has 9 nitrogen and oxygen atoms in total. The molecule has 11 heteroatoms. The number of hydrogen-bond acceptors (Lipinski definition) is 7. The number of primary amides is 1. The maximum Gasteiger partial charge on any atom is 0.229 e. The Morgan fingerprint density at radius 2 is 1.77 bits per heavy atom. The maximum absolute atomic E-state index is 12.1. The van der Waals surface area contributed by atoms with E-state index in [1.807, 2.05) is 78.9 Å². The van der Waals surface area contributed by atoms with Crippen molar-refractivity contribution in [2.24, 2.45) is 11.1 Å². The number of carbonyl (C=O) groups excluding carboxylic acids is 1. The number of anilines is 2. The molecule has 0 saturated carbocycles. The number of imidazole rings is 1. The second-order valence-corrected chi connectivity index (χ2v) is 11.1. The minimum absolute atomic E-state index is 0.0603. The first kappa shape index (κ1) is 27.2. The topological polar surface area (TPSA) is 113 Å². The smallest absolute Gasteiger partial charge is 0.229 e. The zero-order valence-electron chi connectivity index (χ0n) is 22.1. The van der Waals surface area contributed by atoms with Gasteiger partial charge in [-0.1, -0.05) is 42.3 Å². The fourth-order valence-electron chi connectivity index (χ4n) is 4.75. The number of likely N-dealkylation sites (N-methyl/N-ethyl adjacent to an activating group) is 1. The van der Waals surface area contributed by atoms with Crippen LogP contribution in [-0.2, 0) is 4.79 Å². The second-order valence-electron chi connectivity index (χ2n) is 10.3. The van der Waals surface area contributed by atoms with E-state index < -0.39 is 5.41 Å². The summed E-state index contributed by atoms with van der Waals surface area (Å²) >= 11 is 12.9. The van der Waals surface area contributed by atoms with Crippen molar-refractivity contribution in [3.8, 4) is 17.1 Å². The zero-order valence-corrected chi connectivity index (χ0v) is 23.6. The predicted octanol–water partition coefficient (Wildman–Crippen LogP) is 4.70. The largest absolute Gasteiger partial charge is 0.394 e. The molecule has 1 atom stereocenters. The molecule has 204 valence electrons. The highest BCUT2D eigenvalue weighted by molar-refractivity contribution is 6.33. The molecule has 0 aliphatic carbocycles. The molecule has 0 spiro atoms. The standard InChI is InChI=1S/C28H31Cl2N7O2/c1-17(16-38)35(3)27-33-24(36-14-12-28(2,13-15-36)26(31)39)22-25(34-27)37(19-10-8-18(29)9-11-19)23(32-22)20-6-4-5-7-21(20)30/h4-11,17,38H,12-16H2,1-3H3,(H2,31,39)/t17-/m1/s1. The predicted molar refractivity (Wildman–Crippen MR) is 156 cm³/mol. The first-order chi connectivity index (χ1) is 18.6. The minimum Gasteiger partial charge on any atom is -0.394 e. The molecule has 0 unspecified atom stereocenters. The lowest BCUT2D eigenvalue weighted by Gasteiger charge is -2.38. The summed E-state index contributed by atoms with van der Waals surface area (Å²) in [5, 5.41) is 11.0. The second kappa shape index (κ2) is 10.6. The van der Waals surface area contributed by atoms with Gasteiger partial charge in [-0.05, 0) is 56.2 Å². The normalized spacial score (nSPS) is 15.9. The van der Waals surface area contributed by atoms with E-state index >= 15 is 0 Å². The number of benzene rings is 2. The van der Waals surface area contributed by atoms with Crippen LogP contribution in [0, 0.1) is 5.41 Å². The van der Waals surface area contributed by atoms with E-state index in [4.69, 9.17) is 43.9 Å². The number of halogens is 2. The Hall–Kier alpha value is -3.40. The van der Waals surface area contributed by atoms with Crippen molar-refractivity contribution in [1.29, 1.82) is 0 Å². The van der Waals surface area contributed by atoms with Crippen molar-refractivity contribution in [3.05, 3.63) is 58.6 Å². The van der Waals surface area contributed by atoms with Crippen LogP contribution in [0.2, 0.25) is 10.0 Å². The third-order valence-corrected chi connectivity index (χ3v) is 8.26. The molecule has 0 bridgehead atoms. The maximum atomic E-state index is 12.1. The average Bonchev–Trinajstić information content (AvgIpc) is 3.32. The number of amides is 1. The molecule has 4 aromatic rings. The first-order valence-electron chi connectivity index (χ1n) is 12.8. The van der Waals surface area contributed by atoms with Gasteiger partial charge in [0.05, 0.1) is 17.7 Å². The monoisotopic (exact) mass is 567 g/mol. The summed E-state index contributed by atoms with van der Waals surface area (Å²) < 4.78 is 1.95. The molecule has 2 aromatic carbocycles. The Kier molecular flexibility index (Phi) is 7.41. The lowest BCUT2D eigenvalue weighted by atomic mass is 9.80. The average molecular weight is 569 g/mol. The van der Waals surface area contributed by atoms with Crippen molar-refractivity contribution in [3.63, 3.8) is 0 Å². The van der Waals surface area contributed by atoms with Gasteiger partial charge < -0.3 is 20.6 Å². The molecular weight excluding hydrogens is 537 g/mol. The number of rotatable bonds is 7. The minimum atomic E-state index is -0.570. The summed E-state index contributed by atoms with van der Waals surface area (Å²) in [5.41, 5.74) is 7.90. The molecule has 2 aromatic heterocycles. The van der Waals surface area contributed by atoms with Crippen LogP contribution in [0.25, 0.3) is 28.2 Å². The van der Waals surface area contributed by atoms with Crippen LogP contribution >= 0.6 is 23.2 Å². The third-order valence-electron chi connectivity index (χ3n) is 7.68. The molecule has 0 radical (unpaired) electrons. The molecule has 1 fully saturated rings. The highest BCUT2D eigenvalue weighted by Crippen LogP contribution is 2.38. The first-order valence-corrected chi connectivity index (χ1v) is 13.6. The van der Waals surface area contributed by atoms with E-state index in [2.05, 4.69) is 4.90 Å². The van der Waals surface area contributed by atoms with Crippen LogP contribution in [-0.4, -0.2) is 63.3 Å². The van der Waals surface area contributed by atoms with Crippen LogP contribution in [0.1, 0.15) is 26.7 Å². The van der Waals surface area contributed by atoms with Crippen LogP contribution < -0.4 is 15.5 Å². The van der Waals surface area contributed by atoms with Crippen molar-refractivity contribution in [1.82, 2.24) is 19.5 Å². The summed E-state index contributed by atoms with van der Waals surface area (Å²) in [4.78, 5) is 31.1. The quantitative estimate of drug-likeness (QED) is 0.332. The van der Waals surface area contributed by atoms with Gasteiger partial charge in [0.2, 0.25) is 11.9 Å². The lowest BCUT2D eigenvalue weighted by Crippen LogP contribution is -2.46. The number of fused-ring (bicyclic) bond motifs is 1. The summed E-state index contributed by atoms with van der Waals surface area (Å²) in [7, 11) is 1.85. The van der Waals surface area contributed by atoms with Crippen molar-refractivity contribution in [2.75, 3.05) is 36.5 Å². The Labute approximate surface area is 237 Å². The van der Waals surface area contributed by atoms with E-state index in [0.29, 0.717) is 64.7 Å². The molecule has 1 aliphatic heterocycles. The molecule has 39 heavy (non-hydrogen) atoms. The molecule has 5 rings (SSSR count). The molecule has 1 amide bonds. The van der Waals surface area contributed by atoms with Gasteiger partial charge in [-0.25, -0.2) is 4.98 Å². The Morgan fingerprint density at radius 1 is 1.10 bits per heavy atom. The van der Waals surface area contributed by atoms with Crippen molar-refractivity contribution < 1.29 is 9.90 Å². The number of carbonyl (C=O) groups is 1. The molecule has 3 N–H and O–H groups in total. The van der Waals surface area contributed by atoms with Crippen LogP contribution in [0.3, 0.4) is 0 Å². The lowest BCUT2D eigenvalue weighted by molar-refractivity contribution is -0.127. The third kappa shape index (κ3) is 5.02. The van der Waals surface area contributed by atoms with Gasteiger partial charge in [-0.15, -0.1) is 0 Å². The number of aliphatic hydroxyl groups excluding tert-OH is 1. The van der Waals surface area contributed by atoms with Gasteiger partial charge in [-0.2, -0.15) is 9.97 Å². The van der Waals surface area contributed by atoms with Crippen LogP contribution in [0.5, 0.6) is 0 Å². The number of aliphatic hydroxyl groups is 1. The number of nitrogens with two attached hydrogens (primary N) is 1. The van der Waals surface area contributed by atoms with E-state index in [1.54, 1.807) is 0 Å². The summed E-state index contributed by atoms with van der Waals surface area (Å²) in [5.74, 6) is 1.42. The van der Waals surface area contributed by atoms with Gasteiger partial charge in [0.1, 0.15) is 5.82 Å². The molecular formula is C28H31Cl2N7O2. The highest BCUT2D eigenvalue weighted by atomic mass is 35.5. The fraction of sp³-hybridized carbons (Fsp3) is 0.357.